The Balaban J connectivity index is 1.84. The normalized spacial score (nSPS) is 11.1. The maximum atomic E-state index is 12.6. The first-order valence-corrected chi connectivity index (χ1v) is 11.6. The highest BCUT2D eigenvalue weighted by Gasteiger charge is 2.14. The molecule has 2 rings (SSSR count). The smallest absolute Gasteiger partial charge is 0.222 e. The molecule has 0 spiro atoms. The summed E-state index contributed by atoms with van der Waals surface area (Å²) < 4.78 is 39.1. The molecule has 30 heavy (non-hydrogen) atoms. The van der Waals surface area contributed by atoms with Crippen molar-refractivity contribution in [2.45, 2.75) is 31.2 Å². The van der Waals surface area contributed by atoms with Crippen LogP contribution in [-0.4, -0.2) is 52.9 Å². The van der Waals surface area contributed by atoms with Gasteiger partial charge < -0.3 is 19.1 Å². The van der Waals surface area contributed by atoms with E-state index >= 15 is 0 Å². The molecule has 0 bridgehead atoms. The maximum absolute atomic E-state index is 12.6. The van der Waals surface area contributed by atoms with Crippen LogP contribution < -0.4 is 14.2 Å². The Morgan fingerprint density at radius 3 is 2.23 bits per heavy atom. The van der Waals surface area contributed by atoms with Crippen LogP contribution in [0, 0.1) is 0 Å². The summed E-state index contributed by atoms with van der Waals surface area (Å²) in [5.74, 6) is 1.90. The molecule has 0 aromatic heterocycles. The van der Waals surface area contributed by atoms with Crippen molar-refractivity contribution in [3.8, 4) is 17.2 Å². The van der Waals surface area contributed by atoms with E-state index < -0.39 is 9.84 Å². The fourth-order valence-electron chi connectivity index (χ4n) is 2.93. The number of benzene rings is 2. The lowest BCUT2D eigenvalue weighted by atomic mass is 10.1. The number of carbonyl (C=O) groups excluding carboxylic acids is 1. The topological polar surface area (TPSA) is 82.1 Å². The molecule has 0 saturated carbocycles. The third-order valence-corrected chi connectivity index (χ3v) is 5.74. The standard InChI is InChI=1S/C22H29NO6S/c1-5-23(16-17-8-13-20(27-2)21(15-17)28-3)22(24)7-6-14-29-18-9-11-19(12-10-18)30(4,25)26/h8-13,15H,5-7,14,16H2,1-4H3. The van der Waals surface area contributed by atoms with Crippen molar-refractivity contribution in [1.82, 2.24) is 4.90 Å². The van der Waals surface area contributed by atoms with Gasteiger partial charge in [0, 0.05) is 25.8 Å². The monoisotopic (exact) mass is 435 g/mol. The number of methoxy groups -OCH3 is 2. The third kappa shape index (κ3) is 6.66. The van der Waals surface area contributed by atoms with E-state index in [1.54, 1.807) is 31.3 Å². The van der Waals surface area contributed by atoms with Gasteiger partial charge in [-0.1, -0.05) is 6.07 Å². The number of sulfone groups is 1. The summed E-state index contributed by atoms with van der Waals surface area (Å²) in [6.45, 7) is 3.40. The van der Waals surface area contributed by atoms with Crippen molar-refractivity contribution in [2.24, 2.45) is 0 Å². The molecule has 0 unspecified atom stereocenters. The van der Waals surface area contributed by atoms with Gasteiger partial charge >= 0.3 is 0 Å². The van der Waals surface area contributed by atoms with E-state index in [4.69, 9.17) is 14.2 Å². The molecule has 8 heteroatoms. The summed E-state index contributed by atoms with van der Waals surface area (Å²) in [4.78, 5) is 14.6. The van der Waals surface area contributed by atoms with Gasteiger partial charge in [-0.25, -0.2) is 8.42 Å². The molecule has 2 aromatic rings. The molecule has 0 aliphatic heterocycles. The SMILES string of the molecule is CCN(Cc1ccc(OC)c(OC)c1)C(=O)CCCOc1ccc(S(C)(=O)=O)cc1. The first kappa shape index (κ1) is 23.5. The molecular formula is C22H29NO6S. The molecule has 0 radical (unpaired) electrons. The fourth-order valence-corrected chi connectivity index (χ4v) is 3.56. The van der Waals surface area contributed by atoms with E-state index in [0.717, 1.165) is 11.8 Å². The molecule has 0 atom stereocenters. The molecule has 2 aromatic carbocycles. The number of hydrogen-bond donors (Lipinski definition) is 0. The Labute approximate surface area is 178 Å². The van der Waals surface area contributed by atoms with Crippen LogP contribution in [0.4, 0.5) is 0 Å². The first-order chi connectivity index (χ1) is 14.3. The summed E-state index contributed by atoms with van der Waals surface area (Å²) in [6.07, 6.45) is 2.09. The van der Waals surface area contributed by atoms with E-state index in [-0.39, 0.29) is 10.8 Å². The van der Waals surface area contributed by atoms with Gasteiger partial charge in [-0.2, -0.15) is 0 Å². The van der Waals surface area contributed by atoms with Gasteiger partial charge in [0.1, 0.15) is 5.75 Å². The van der Waals surface area contributed by atoms with Crippen molar-refractivity contribution in [2.75, 3.05) is 33.6 Å². The largest absolute Gasteiger partial charge is 0.494 e. The van der Waals surface area contributed by atoms with Crippen LogP contribution in [0.2, 0.25) is 0 Å². The van der Waals surface area contributed by atoms with Crippen LogP contribution in [0.1, 0.15) is 25.3 Å². The molecule has 0 heterocycles. The highest BCUT2D eigenvalue weighted by molar-refractivity contribution is 7.90. The highest BCUT2D eigenvalue weighted by atomic mass is 32.2. The second kappa shape index (κ2) is 10.9. The quantitative estimate of drug-likeness (QED) is 0.504. The van der Waals surface area contributed by atoms with Crippen molar-refractivity contribution < 1.29 is 27.4 Å². The average molecular weight is 436 g/mol. The molecule has 0 aliphatic carbocycles. The fraction of sp³-hybridized carbons (Fsp3) is 0.409. The summed E-state index contributed by atoms with van der Waals surface area (Å²) in [5, 5.41) is 0. The Bertz CT molecular complexity index is 941. The Kier molecular flexibility index (Phi) is 8.53. The molecule has 0 aliphatic rings. The van der Waals surface area contributed by atoms with Gasteiger partial charge in [-0.3, -0.25) is 4.79 Å². The average Bonchev–Trinajstić information content (AvgIpc) is 2.74. The number of amides is 1. The number of ether oxygens (including phenoxy) is 3. The molecule has 0 N–H and O–H groups in total. The highest BCUT2D eigenvalue weighted by Crippen LogP contribution is 2.28. The predicted octanol–water partition coefficient (Wildman–Crippen LogP) is 3.32. The van der Waals surface area contributed by atoms with E-state index in [2.05, 4.69) is 0 Å². The number of hydrogen-bond acceptors (Lipinski definition) is 6. The molecule has 0 fully saturated rings. The minimum absolute atomic E-state index is 0.0447. The summed E-state index contributed by atoms with van der Waals surface area (Å²) >= 11 is 0. The first-order valence-electron chi connectivity index (χ1n) is 9.70. The summed E-state index contributed by atoms with van der Waals surface area (Å²) in [6, 6.07) is 11.9. The van der Waals surface area contributed by atoms with Crippen molar-refractivity contribution in [3.05, 3.63) is 48.0 Å². The zero-order valence-corrected chi connectivity index (χ0v) is 18.7. The molecule has 0 saturated heterocycles. The van der Waals surface area contributed by atoms with E-state index in [1.807, 2.05) is 25.1 Å². The van der Waals surface area contributed by atoms with Crippen molar-refractivity contribution >= 4 is 15.7 Å². The molecule has 7 nitrogen and oxygen atoms in total. The van der Waals surface area contributed by atoms with Gasteiger partial charge in [0.15, 0.2) is 21.3 Å². The predicted molar refractivity (Wildman–Crippen MR) is 115 cm³/mol. The Hall–Kier alpha value is -2.74. The molecule has 164 valence electrons. The zero-order chi connectivity index (χ0) is 22.1. The van der Waals surface area contributed by atoms with Gasteiger partial charge in [0.2, 0.25) is 5.91 Å². The van der Waals surface area contributed by atoms with Crippen LogP contribution in [0.15, 0.2) is 47.4 Å². The zero-order valence-electron chi connectivity index (χ0n) is 17.9. The summed E-state index contributed by atoms with van der Waals surface area (Å²) in [5.41, 5.74) is 0.963. The van der Waals surface area contributed by atoms with Crippen LogP contribution in [0.5, 0.6) is 17.2 Å². The van der Waals surface area contributed by atoms with Crippen LogP contribution in [0.25, 0.3) is 0 Å². The lowest BCUT2D eigenvalue weighted by Crippen LogP contribution is -2.30. The Morgan fingerprint density at radius 1 is 1.00 bits per heavy atom. The van der Waals surface area contributed by atoms with E-state index in [9.17, 15) is 13.2 Å². The second-order valence-corrected chi connectivity index (χ2v) is 8.81. The van der Waals surface area contributed by atoms with Gasteiger partial charge in [0.05, 0.1) is 25.7 Å². The lowest BCUT2D eigenvalue weighted by Gasteiger charge is -2.21. The van der Waals surface area contributed by atoms with Gasteiger partial charge in [-0.05, 0) is 55.3 Å². The molecule has 1 amide bonds. The van der Waals surface area contributed by atoms with Crippen LogP contribution >= 0.6 is 0 Å². The van der Waals surface area contributed by atoms with Gasteiger partial charge in [0.25, 0.3) is 0 Å². The maximum Gasteiger partial charge on any atom is 0.222 e. The Morgan fingerprint density at radius 2 is 1.67 bits per heavy atom. The lowest BCUT2D eigenvalue weighted by molar-refractivity contribution is -0.131. The number of nitrogens with zero attached hydrogens (tertiary/aromatic N) is 1. The van der Waals surface area contributed by atoms with Crippen LogP contribution in [-0.2, 0) is 21.2 Å². The second-order valence-electron chi connectivity index (χ2n) is 6.79. The number of carbonyl (C=O) groups is 1. The third-order valence-electron chi connectivity index (χ3n) is 4.61. The number of rotatable bonds is 11. The summed E-state index contributed by atoms with van der Waals surface area (Å²) in [7, 11) is -0.0561. The minimum atomic E-state index is -3.22. The minimum Gasteiger partial charge on any atom is -0.494 e. The van der Waals surface area contributed by atoms with Crippen LogP contribution in [0.3, 0.4) is 0 Å². The van der Waals surface area contributed by atoms with Crippen molar-refractivity contribution in [3.63, 3.8) is 0 Å². The molecular weight excluding hydrogens is 406 g/mol. The van der Waals surface area contributed by atoms with E-state index in [1.165, 1.54) is 12.1 Å². The van der Waals surface area contributed by atoms with Gasteiger partial charge in [-0.15, -0.1) is 0 Å². The van der Waals surface area contributed by atoms with E-state index in [0.29, 0.717) is 49.8 Å². The van der Waals surface area contributed by atoms with Crippen molar-refractivity contribution in [1.29, 1.82) is 0 Å².